The number of halogens is 1. The van der Waals surface area contributed by atoms with Crippen molar-refractivity contribution in [2.75, 3.05) is 18.0 Å². The number of rotatable bonds is 3. The second-order valence-electron chi connectivity index (χ2n) is 5.02. The van der Waals surface area contributed by atoms with Gasteiger partial charge in [-0.15, -0.1) is 0 Å². The average Bonchev–Trinajstić information content (AvgIpc) is 3.04. The molecule has 0 aromatic carbocycles. The molecule has 2 fully saturated rings. The highest BCUT2D eigenvalue weighted by Crippen LogP contribution is 2.25. The number of hydrogen-bond donors (Lipinski definition) is 1. The quantitative estimate of drug-likeness (QED) is 0.879. The molecule has 0 spiro atoms. The normalized spacial score (nSPS) is 23.2. The molecule has 4 nitrogen and oxygen atoms in total. The fourth-order valence-electron chi connectivity index (χ4n) is 2.32. The number of amides is 1. The van der Waals surface area contributed by atoms with Crippen LogP contribution in [-0.4, -0.2) is 30.0 Å². The molecule has 5 heteroatoms. The Morgan fingerprint density at radius 3 is 3.00 bits per heavy atom. The smallest absolute Gasteiger partial charge is 0.225 e. The van der Waals surface area contributed by atoms with Crippen molar-refractivity contribution in [1.29, 1.82) is 0 Å². The molecule has 2 heterocycles. The predicted molar refractivity (Wildman–Crippen MR) is 65.7 cm³/mol. The molecule has 1 saturated carbocycles. The minimum absolute atomic E-state index is 0.0352. The number of anilines is 1. The van der Waals surface area contributed by atoms with Crippen molar-refractivity contribution in [1.82, 2.24) is 10.3 Å². The van der Waals surface area contributed by atoms with E-state index in [1.807, 2.05) is 4.90 Å². The number of aromatic nitrogens is 1. The lowest BCUT2D eigenvalue weighted by molar-refractivity contribution is -0.124. The van der Waals surface area contributed by atoms with E-state index in [0.717, 1.165) is 19.3 Å². The Kier molecular flexibility index (Phi) is 2.89. The summed E-state index contributed by atoms with van der Waals surface area (Å²) in [6.07, 6.45) is 4.54. The maximum absolute atomic E-state index is 13.6. The zero-order valence-electron chi connectivity index (χ0n) is 10.1. The summed E-state index contributed by atoms with van der Waals surface area (Å²) in [5.74, 6) is 0.114. The van der Waals surface area contributed by atoms with Gasteiger partial charge in [0.1, 0.15) is 0 Å². The van der Waals surface area contributed by atoms with Gasteiger partial charge in [-0.2, -0.15) is 0 Å². The highest BCUT2D eigenvalue weighted by Gasteiger charge is 2.33. The molecule has 1 amide bonds. The standard InChI is InChI=1S/C13H16FN3O/c14-11-2-1-6-15-12(11)17-7-5-9(8-17)13(18)16-10-3-4-10/h1-2,6,9-10H,3-5,7-8H2,(H,16,18). The van der Waals surface area contributed by atoms with Crippen LogP contribution in [0.1, 0.15) is 19.3 Å². The first-order valence-corrected chi connectivity index (χ1v) is 6.40. The lowest BCUT2D eigenvalue weighted by atomic mass is 10.1. The number of nitrogens with one attached hydrogen (secondary N) is 1. The Bertz CT molecular complexity index is 461. The summed E-state index contributed by atoms with van der Waals surface area (Å²) in [5, 5.41) is 3.00. The van der Waals surface area contributed by atoms with Gasteiger partial charge in [0, 0.05) is 25.3 Å². The number of pyridine rings is 1. The first-order chi connectivity index (χ1) is 8.74. The van der Waals surface area contributed by atoms with Crippen LogP contribution in [0.3, 0.4) is 0 Å². The minimum atomic E-state index is -0.319. The van der Waals surface area contributed by atoms with Crippen LogP contribution in [0, 0.1) is 11.7 Å². The van der Waals surface area contributed by atoms with E-state index in [2.05, 4.69) is 10.3 Å². The summed E-state index contributed by atoms with van der Waals surface area (Å²) in [4.78, 5) is 17.8. The monoisotopic (exact) mass is 249 g/mol. The van der Waals surface area contributed by atoms with Gasteiger partial charge >= 0.3 is 0 Å². The fraction of sp³-hybridized carbons (Fsp3) is 0.538. The maximum Gasteiger partial charge on any atom is 0.225 e. The summed E-state index contributed by atoms with van der Waals surface area (Å²) in [6.45, 7) is 1.25. The van der Waals surface area contributed by atoms with E-state index in [-0.39, 0.29) is 17.6 Å². The zero-order valence-corrected chi connectivity index (χ0v) is 10.1. The number of nitrogens with zero attached hydrogens (tertiary/aromatic N) is 2. The second-order valence-corrected chi connectivity index (χ2v) is 5.02. The topological polar surface area (TPSA) is 45.2 Å². The zero-order chi connectivity index (χ0) is 12.5. The van der Waals surface area contributed by atoms with Crippen LogP contribution in [0.15, 0.2) is 18.3 Å². The summed E-state index contributed by atoms with van der Waals surface area (Å²) in [5.41, 5.74) is 0. The van der Waals surface area contributed by atoms with Crippen molar-refractivity contribution in [3.63, 3.8) is 0 Å². The highest BCUT2D eigenvalue weighted by atomic mass is 19.1. The first kappa shape index (κ1) is 11.4. The van der Waals surface area contributed by atoms with E-state index in [9.17, 15) is 9.18 Å². The van der Waals surface area contributed by atoms with Crippen molar-refractivity contribution < 1.29 is 9.18 Å². The first-order valence-electron chi connectivity index (χ1n) is 6.40. The molecule has 1 aromatic heterocycles. The van der Waals surface area contributed by atoms with Crippen LogP contribution in [0.5, 0.6) is 0 Å². The molecule has 2 aliphatic rings. The van der Waals surface area contributed by atoms with Crippen LogP contribution >= 0.6 is 0 Å². The summed E-state index contributed by atoms with van der Waals surface area (Å²) < 4.78 is 13.6. The van der Waals surface area contributed by atoms with Crippen molar-refractivity contribution >= 4 is 11.7 Å². The summed E-state index contributed by atoms with van der Waals surface area (Å²) in [7, 11) is 0. The average molecular weight is 249 g/mol. The number of hydrogen-bond acceptors (Lipinski definition) is 3. The van der Waals surface area contributed by atoms with Gasteiger partial charge in [-0.1, -0.05) is 0 Å². The number of carbonyl (C=O) groups excluding carboxylic acids is 1. The van der Waals surface area contributed by atoms with Crippen LogP contribution in [0.25, 0.3) is 0 Å². The predicted octanol–water partition coefficient (Wildman–Crippen LogP) is 1.33. The van der Waals surface area contributed by atoms with Gasteiger partial charge in [-0.25, -0.2) is 9.37 Å². The lowest BCUT2D eigenvalue weighted by Gasteiger charge is -2.17. The van der Waals surface area contributed by atoms with E-state index in [1.54, 1.807) is 12.3 Å². The minimum Gasteiger partial charge on any atom is -0.353 e. The molecule has 96 valence electrons. The Labute approximate surface area is 105 Å². The Balaban J connectivity index is 1.64. The Morgan fingerprint density at radius 1 is 1.44 bits per heavy atom. The lowest BCUT2D eigenvalue weighted by Crippen LogP contribution is -2.34. The molecular weight excluding hydrogens is 233 g/mol. The Morgan fingerprint density at radius 2 is 2.28 bits per heavy atom. The van der Waals surface area contributed by atoms with Gasteiger partial charge in [0.25, 0.3) is 0 Å². The summed E-state index contributed by atoms with van der Waals surface area (Å²) >= 11 is 0. The van der Waals surface area contributed by atoms with Crippen molar-refractivity contribution in [3.8, 4) is 0 Å². The SMILES string of the molecule is O=C(NC1CC1)C1CCN(c2ncccc2F)C1. The molecular formula is C13H16FN3O. The van der Waals surface area contributed by atoms with Gasteiger partial charge in [-0.05, 0) is 31.4 Å². The largest absolute Gasteiger partial charge is 0.353 e. The molecule has 1 aromatic rings. The van der Waals surface area contributed by atoms with Gasteiger partial charge in [0.15, 0.2) is 11.6 Å². The Hall–Kier alpha value is -1.65. The molecule has 1 N–H and O–H groups in total. The van der Waals surface area contributed by atoms with Crippen molar-refractivity contribution in [3.05, 3.63) is 24.1 Å². The molecule has 1 saturated heterocycles. The van der Waals surface area contributed by atoms with Gasteiger partial charge < -0.3 is 10.2 Å². The molecule has 0 radical (unpaired) electrons. The van der Waals surface area contributed by atoms with Crippen LogP contribution in [0.4, 0.5) is 10.2 Å². The molecule has 3 rings (SSSR count). The third-order valence-corrected chi connectivity index (χ3v) is 3.52. The van der Waals surface area contributed by atoms with E-state index < -0.39 is 0 Å². The molecule has 1 aliphatic heterocycles. The fourth-order valence-corrected chi connectivity index (χ4v) is 2.32. The molecule has 0 bridgehead atoms. The van der Waals surface area contributed by atoms with Gasteiger partial charge in [0.05, 0.1) is 5.92 Å². The number of carbonyl (C=O) groups is 1. The molecule has 1 atom stereocenters. The van der Waals surface area contributed by atoms with Crippen LogP contribution in [-0.2, 0) is 4.79 Å². The van der Waals surface area contributed by atoms with Gasteiger partial charge in [-0.3, -0.25) is 4.79 Å². The van der Waals surface area contributed by atoms with Crippen molar-refractivity contribution in [2.45, 2.75) is 25.3 Å². The van der Waals surface area contributed by atoms with E-state index in [4.69, 9.17) is 0 Å². The van der Waals surface area contributed by atoms with Gasteiger partial charge in [0.2, 0.25) is 5.91 Å². The van der Waals surface area contributed by atoms with Crippen molar-refractivity contribution in [2.24, 2.45) is 5.92 Å². The van der Waals surface area contributed by atoms with E-state index in [1.165, 1.54) is 6.07 Å². The third kappa shape index (κ3) is 2.30. The highest BCUT2D eigenvalue weighted by molar-refractivity contribution is 5.80. The molecule has 18 heavy (non-hydrogen) atoms. The molecule has 1 unspecified atom stereocenters. The van der Waals surface area contributed by atoms with Crippen LogP contribution < -0.4 is 10.2 Å². The summed E-state index contributed by atoms with van der Waals surface area (Å²) in [6, 6.07) is 3.37. The maximum atomic E-state index is 13.6. The third-order valence-electron chi connectivity index (χ3n) is 3.52. The molecule has 1 aliphatic carbocycles. The van der Waals surface area contributed by atoms with E-state index in [0.29, 0.717) is 24.9 Å². The van der Waals surface area contributed by atoms with E-state index >= 15 is 0 Å². The van der Waals surface area contributed by atoms with Crippen LogP contribution in [0.2, 0.25) is 0 Å². The second kappa shape index (κ2) is 4.55.